The van der Waals surface area contributed by atoms with Crippen LogP contribution in [0.1, 0.15) is 23.3 Å². The predicted molar refractivity (Wildman–Crippen MR) is 124 cm³/mol. The maximum Gasteiger partial charge on any atom is 0.224 e. The van der Waals surface area contributed by atoms with Crippen LogP contribution in [-0.2, 0) is 24.3 Å². The molecular weight excluding hydrogens is 394 g/mol. The maximum absolute atomic E-state index is 12.5. The molecule has 6 nitrogen and oxygen atoms in total. The largest absolute Gasteiger partial charge is 0.356 e. The molecule has 3 heterocycles. The van der Waals surface area contributed by atoms with E-state index in [1.54, 1.807) is 18.4 Å². The highest BCUT2D eigenvalue weighted by Gasteiger charge is 2.20. The summed E-state index contributed by atoms with van der Waals surface area (Å²) in [5.74, 6) is 0.952. The molecule has 3 aromatic rings. The van der Waals surface area contributed by atoms with E-state index in [1.165, 1.54) is 21.3 Å². The van der Waals surface area contributed by atoms with E-state index in [1.807, 2.05) is 4.90 Å². The van der Waals surface area contributed by atoms with Crippen LogP contribution >= 0.6 is 11.3 Å². The molecule has 0 fully saturated rings. The first-order valence-corrected chi connectivity index (χ1v) is 11.4. The molecule has 1 aliphatic heterocycles. The number of aliphatic imine (C=N–C) groups is 1. The Morgan fingerprint density at radius 1 is 1.17 bits per heavy atom. The minimum atomic E-state index is 0.203. The van der Waals surface area contributed by atoms with Crippen molar-refractivity contribution >= 4 is 34.1 Å². The Morgan fingerprint density at radius 2 is 2.03 bits per heavy atom. The van der Waals surface area contributed by atoms with Crippen LogP contribution in [0.15, 0.2) is 53.0 Å². The average molecular weight is 424 g/mol. The number of nitrogens with one attached hydrogen (secondary N) is 2. The van der Waals surface area contributed by atoms with Gasteiger partial charge in [-0.3, -0.25) is 9.79 Å². The Bertz CT molecular complexity index is 1020. The van der Waals surface area contributed by atoms with E-state index in [0.29, 0.717) is 13.0 Å². The normalized spacial score (nSPS) is 14.0. The van der Waals surface area contributed by atoms with Crippen LogP contribution in [0.3, 0.4) is 0 Å². The Hall–Kier alpha value is -2.80. The van der Waals surface area contributed by atoms with Crippen molar-refractivity contribution in [2.75, 3.05) is 26.7 Å². The lowest BCUT2D eigenvalue weighted by atomic mass is 10.1. The molecule has 2 N–H and O–H groups in total. The van der Waals surface area contributed by atoms with Gasteiger partial charge in [-0.05, 0) is 47.4 Å². The van der Waals surface area contributed by atoms with Crippen LogP contribution in [-0.4, -0.2) is 48.0 Å². The second-order valence-electron chi connectivity index (χ2n) is 7.53. The van der Waals surface area contributed by atoms with Crippen LogP contribution in [0.2, 0.25) is 0 Å². The number of hydrogen-bond donors (Lipinski definition) is 2. The summed E-state index contributed by atoms with van der Waals surface area (Å²) in [6.45, 7) is 3.95. The van der Waals surface area contributed by atoms with Crippen LogP contribution < -0.4 is 10.6 Å². The van der Waals surface area contributed by atoms with Gasteiger partial charge in [-0.15, -0.1) is 11.3 Å². The summed E-state index contributed by atoms with van der Waals surface area (Å²) in [4.78, 5) is 20.2. The second-order valence-corrected chi connectivity index (χ2v) is 8.53. The van der Waals surface area contributed by atoms with Crippen molar-refractivity contribution in [3.05, 3.63) is 58.4 Å². The van der Waals surface area contributed by atoms with Gasteiger partial charge in [-0.2, -0.15) is 0 Å². The van der Waals surface area contributed by atoms with Crippen LogP contribution in [0.5, 0.6) is 0 Å². The minimum absolute atomic E-state index is 0.203. The van der Waals surface area contributed by atoms with Crippen molar-refractivity contribution in [2.24, 2.45) is 4.99 Å². The first-order chi connectivity index (χ1) is 14.7. The van der Waals surface area contributed by atoms with Crippen molar-refractivity contribution in [3.63, 3.8) is 0 Å². The molecule has 0 spiro atoms. The van der Waals surface area contributed by atoms with E-state index in [-0.39, 0.29) is 5.91 Å². The first-order valence-electron chi connectivity index (χ1n) is 10.6. The number of aryl methyl sites for hydroxylation is 1. The Morgan fingerprint density at radius 3 is 2.93 bits per heavy atom. The van der Waals surface area contributed by atoms with E-state index in [0.717, 1.165) is 45.0 Å². The van der Waals surface area contributed by atoms with Gasteiger partial charge in [0.05, 0.1) is 0 Å². The molecule has 0 aliphatic carbocycles. The molecule has 0 radical (unpaired) electrons. The summed E-state index contributed by atoms with van der Waals surface area (Å²) in [6.07, 6.45) is 4.60. The first kappa shape index (κ1) is 20.5. The number of aromatic nitrogens is 1. The van der Waals surface area contributed by atoms with Gasteiger partial charge in [0.2, 0.25) is 5.91 Å². The fourth-order valence-electron chi connectivity index (χ4n) is 3.92. The van der Waals surface area contributed by atoms with Crippen LogP contribution in [0.4, 0.5) is 0 Å². The SMILES string of the molecule is CN=C(NCCCn1ccc2ccccc21)NCCC(=O)N1CCc2sccc2C1. The van der Waals surface area contributed by atoms with E-state index in [2.05, 4.69) is 68.2 Å². The molecule has 7 heteroatoms. The zero-order chi connectivity index (χ0) is 20.8. The van der Waals surface area contributed by atoms with E-state index >= 15 is 0 Å². The van der Waals surface area contributed by atoms with E-state index in [9.17, 15) is 4.79 Å². The van der Waals surface area contributed by atoms with Crippen molar-refractivity contribution in [2.45, 2.75) is 32.4 Å². The summed E-state index contributed by atoms with van der Waals surface area (Å²) in [5, 5.41) is 10.0. The lowest BCUT2D eigenvalue weighted by Crippen LogP contribution is -2.41. The van der Waals surface area contributed by atoms with Gasteiger partial charge in [0.25, 0.3) is 0 Å². The van der Waals surface area contributed by atoms with Gasteiger partial charge >= 0.3 is 0 Å². The Labute approximate surface area is 181 Å². The van der Waals surface area contributed by atoms with Crippen LogP contribution in [0.25, 0.3) is 10.9 Å². The van der Waals surface area contributed by atoms with Crippen molar-refractivity contribution in [3.8, 4) is 0 Å². The number of hydrogen-bond acceptors (Lipinski definition) is 3. The zero-order valence-electron chi connectivity index (χ0n) is 17.4. The molecule has 158 valence electrons. The number of carbonyl (C=O) groups is 1. The summed E-state index contributed by atoms with van der Waals surface area (Å²) >= 11 is 1.80. The van der Waals surface area contributed by atoms with Crippen LogP contribution in [0, 0.1) is 0 Å². The number of carbonyl (C=O) groups excluding carboxylic acids is 1. The fraction of sp³-hybridized carbons (Fsp3) is 0.391. The number of fused-ring (bicyclic) bond motifs is 2. The summed E-state index contributed by atoms with van der Waals surface area (Å²) in [7, 11) is 1.76. The molecule has 0 atom stereocenters. The number of rotatable bonds is 7. The molecule has 0 bridgehead atoms. The number of thiophene rings is 1. The third-order valence-electron chi connectivity index (χ3n) is 5.56. The van der Waals surface area contributed by atoms with Gasteiger partial charge in [0.1, 0.15) is 0 Å². The number of guanidine groups is 1. The number of nitrogens with zero attached hydrogens (tertiary/aromatic N) is 3. The van der Waals surface area contributed by atoms with Gasteiger partial charge < -0.3 is 20.1 Å². The minimum Gasteiger partial charge on any atom is -0.356 e. The molecule has 0 unspecified atom stereocenters. The van der Waals surface area contributed by atoms with Gasteiger partial charge in [0.15, 0.2) is 5.96 Å². The summed E-state index contributed by atoms with van der Waals surface area (Å²) in [6, 6.07) is 12.7. The highest BCUT2D eigenvalue weighted by Crippen LogP contribution is 2.24. The van der Waals surface area contributed by atoms with Crippen molar-refractivity contribution < 1.29 is 4.79 Å². The smallest absolute Gasteiger partial charge is 0.224 e. The zero-order valence-corrected chi connectivity index (χ0v) is 18.3. The monoisotopic (exact) mass is 423 g/mol. The fourth-order valence-corrected chi connectivity index (χ4v) is 4.81. The Balaban J connectivity index is 1.15. The molecule has 4 rings (SSSR count). The topological polar surface area (TPSA) is 61.7 Å². The highest BCUT2D eigenvalue weighted by atomic mass is 32.1. The van der Waals surface area contributed by atoms with Crippen molar-refractivity contribution in [1.82, 2.24) is 20.1 Å². The predicted octanol–water partition coefficient (Wildman–Crippen LogP) is 3.23. The van der Waals surface area contributed by atoms with Gasteiger partial charge in [-0.25, -0.2) is 0 Å². The molecule has 1 aliphatic rings. The van der Waals surface area contributed by atoms with E-state index < -0.39 is 0 Å². The third kappa shape index (κ3) is 4.84. The molecule has 0 saturated carbocycles. The standard InChI is InChI=1S/C23H29N5OS/c1-24-23(25-11-4-13-27-14-8-18-5-2-3-6-20(18)27)26-12-7-22(29)28-15-9-21-19(17-28)10-16-30-21/h2-3,5-6,8,10,14,16H,4,7,9,11-13,15,17H2,1H3,(H2,24,25,26). The summed E-state index contributed by atoms with van der Waals surface area (Å²) < 4.78 is 2.28. The lowest BCUT2D eigenvalue weighted by molar-refractivity contribution is -0.131. The number of benzene rings is 1. The Kier molecular flexibility index (Phi) is 6.69. The summed E-state index contributed by atoms with van der Waals surface area (Å²) in [5.41, 5.74) is 2.58. The van der Waals surface area contributed by atoms with Gasteiger partial charge in [-0.1, -0.05) is 18.2 Å². The number of amides is 1. The highest BCUT2D eigenvalue weighted by molar-refractivity contribution is 7.10. The van der Waals surface area contributed by atoms with E-state index in [4.69, 9.17) is 0 Å². The average Bonchev–Trinajstić information content (AvgIpc) is 3.41. The molecule has 30 heavy (non-hydrogen) atoms. The number of para-hydroxylation sites is 1. The second kappa shape index (κ2) is 9.80. The quantitative estimate of drug-likeness (QED) is 0.348. The molecule has 1 aromatic carbocycles. The van der Waals surface area contributed by atoms with Crippen molar-refractivity contribution in [1.29, 1.82) is 0 Å². The van der Waals surface area contributed by atoms with Gasteiger partial charge in [0, 0.05) is 62.8 Å². The third-order valence-corrected chi connectivity index (χ3v) is 6.59. The molecule has 2 aromatic heterocycles. The molecule has 0 saturated heterocycles. The lowest BCUT2D eigenvalue weighted by Gasteiger charge is -2.27. The molecule has 1 amide bonds. The maximum atomic E-state index is 12.5. The molecular formula is C23H29N5OS.